The summed E-state index contributed by atoms with van der Waals surface area (Å²) in [7, 11) is 0. The zero-order valence-electron chi connectivity index (χ0n) is 38.0. The van der Waals surface area contributed by atoms with Crippen LogP contribution in [0, 0.1) is 0 Å². The van der Waals surface area contributed by atoms with Crippen molar-refractivity contribution in [2.45, 2.75) is 0 Å². The summed E-state index contributed by atoms with van der Waals surface area (Å²) in [4.78, 5) is 0. The molecule has 0 N–H and O–H groups in total. The largest absolute Gasteiger partial charge is 0.309 e. The molecule has 0 saturated heterocycles. The van der Waals surface area contributed by atoms with Crippen molar-refractivity contribution >= 4 is 43.4 Å². The molecule has 0 fully saturated rings. The number of nitrogens with zero attached hydrogens (tertiary/aromatic N) is 1. The Morgan fingerprint density at radius 1 is 0.410 bits per heavy atom. The van der Waals surface area contributed by atoms with Crippen LogP contribution in [0.5, 0.6) is 0 Å². The Hall–Kier alpha value is -5.14. The van der Waals surface area contributed by atoms with Crippen molar-refractivity contribution in [2.75, 3.05) is 0 Å². The number of rotatable bonds is 3. The number of benzene rings is 7. The molecule has 0 saturated carbocycles. The maximum absolute atomic E-state index is 9.23. The molecule has 8 aromatic rings. The molecule has 1 heteroatoms. The number of para-hydroxylation sites is 2. The van der Waals surface area contributed by atoms with Crippen LogP contribution in [0.2, 0.25) is 0 Å². The highest BCUT2D eigenvalue weighted by Gasteiger charge is 2.18. The minimum Gasteiger partial charge on any atom is -0.309 e. The second-order valence-electron chi connectivity index (χ2n) is 8.81. The van der Waals surface area contributed by atoms with Gasteiger partial charge in [-0.15, -0.1) is 0 Å². The smallest absolute Gasteiger partial charge is 0.0645 e. The summed E-state index contributed by atoms with van der Waals surface area (Å²) in [6.07, 6.45) is 0. The van der Waals surface area contributed by atoms with Gasteiger partial charge in [-0.1, -0.05) is 121 Å². The summed E-state index contributed by atoms with van der Waals surface area (Å²) >= 11 is 0. The summed E-state index contributed by atoms with van der Waals surface area (Å²) in [6.45, 7) is 0. The van der Waals surface area contributed by atoms with Crippen molar-refractivity contribution in [3.63, 3.8) is 0 Å². The van der Waals surface area contributed by atoms with Crippen molar-refractivity contribution in [3.8, 4) is 27.9 Å². The Morgan fingerprint density at radius 2 is 0.923 bits per heavy atom. The monoisotopic (exact) mass is 513 g/mol. The van der Waals surface area contributed by atoms with Gasteiger partial charge in [0.2, 0.25) is 0 Å². The average molecular weight is 514 g/mol. The number of fused-ring (bicyclic) bond motifs is 5. The fourth-order valence-electron chi connectivity index (χ4n) is 5.26. The minimum atomic E-state index is -0.765. The Kier molecular flexibility index (Phi) is 2.36. The highest BCUT2D eigenvalue weighted by atomic mass is 15.0. The van der Waals surface area contributed by atoms with Crippen LogP contribution in [0.15, 0.2) is 151 Å². The Bertz CT molecular complexity index is 3030. The van der Waals surface area contributed by atoms with Gasteiger partial charge in [0.1, 0.15) is 0 Å². The predicted octanol–water partition coefficient (Wildman–Crippen LogP) is 10.4. The lowest BCUT2D eigenvalue weighted by atomic mass is 9.86. The summed E-state index contributed by atoms with van der Waals surface area (Å²) < 4.78 is 158. The molecule has 0 aliphatic heterocycles. The summed E-state index contributed by atoms with van der Waals surface area (Å²) in [5.74, 6) is 0. The van der Waals surface area contributed by atoms with Crippen LogP contribution in [0.1, 0.15) is 24.7 Å². The standard InChI is InChI=1S/C38H25N/c1-3-13-26(14-4-1)37-30-18-7-9-20-32(30)38(33-21-10-8-19-31(33)37)27-23-24-36-34(25-27)29-17-11-12-22-35(29)39(36)28-15-5-2-6-16-28/h1-25H/i1D,2D,3D,4D,5D,6D,7D,8D,9D,10D,13D,14D,15D,16D,18D,19D,20D,21D. The lowest BCUT2D eigenvalue weighted by molar-refractivity contribution is 1.18. The lowest BCUT2D eigenvalue weighted by Crippen LogP contribution is -1.93. The van der Waals surface area contributed by atoms with Crippen LogP contribution < -0.4 is 0 Å². The Balaban J connectivity index is 1.64. The van der Waals surface area contributed by atoms with Gasteiger partial charge in [-0.25, -0.2) is 0 Å². The second-order valence-corrected chi connectivity index (χ2v) is 8.81. The molecule has 39 heavy (non-hydrogen) atoms. The molecular weight excluding hydrogens is 470 g/mol. The van der Waals surface area contributed by atoms with Gasteiger partial charge in [-0.05, 0) is 74.1 Å². The van der Waals surface area contributed by atoms with Crippen LogP contribution in [-0.2, 0) is 0 Å². The molecule has 0 radical (unpaired) electrons. The molecule has 8 rings (SSSR count). The third-order valence-electron chi connectivity index (χ3n) is 6.80. The van der Waals surface area contributed by atoms with E-state index in [4.69, 9.17) is 21.9 Å². The van der Waals surface area contributed by atoms with Crippen molar-refractivity contribution < 1.29 is 24.7 Å². The van der Waals surface area contributed by atoms with E-state index in [-0.39, 0.29) is 38.4 Å². The van der Waals surface area contributed by atoms with Gasteiger partial charge in [0.25, 0.3) is 0 Å². The molecule has 0 atom stereocenters. The molecule has 7 aromatic carbocycles. The van der Waals surface area contributed by atoms with Gasteiger partial charge in [-0.3, -0.25) is 0 Å². The lowest BCUT2D eigenvalue weighted by Gasteiger charge is -2.18. The first-order chi connectivity index (χ1) is 26.8. The Morgan fingerprint density at radius 3 is 1.56 bits per heavy atom. The van der Waals surface area contributed by atoms with Gasteiger partial charge >= 0.3 is 0 Å². The van der Waals surface area contributed by atoms with Crippen LogP contribution in [0.3, 0.4) is 0 Å². The van der Waals surface area contributed by atoms with Gasteiger partial charge in [0.15, 0.2) is 0 Å². The number of hydrogen-bond donors (Lipinski definition) is 0. The minimum absolute atomic E-state index is 0.0587. The van der Waals surface area contributed by atoms with Gasteiger partial charge in [0, 0.05) is 16.5 Å². The van der Waals surface area contributed by atoms with Crippen molar-refractivity contribution in [3.05, 3.63) is 151 Å². The first-order valence-electron chi connectivity index (χ1n) is 21.0. The maximum Gasteiger partial charge on any atom is 0.0645 e. The topological polar surface area (TPSA) is 4.93 Å². The van der Waals surface area contributed by atoms with Crippen molar-refractivity contribution in [2.24, 2.45) is 0 Å². The molecule has 1 aromatic heterocycles. The van der Waals surface area contributed by atoms with E-state index in [1.54, 1.807) is 36.4 Å². The number of hydrogen-bond acceptors (Lipinski definition) is 0. The zero-order valence-corrected chi connectivity index (χ0v) is 20.0. The van der Waals surface area contributed by atoms with E-state index in [1.807, 2.05) is 0 Å². The molecule has 182 valence electrons. The molecule has 0 aliphatic carbocycles. The van der Waals surface area contributed by atoms with Crippen LogP contribution in [0.25, 0.3) is 71.3 Å². The quantitative estimate of drug-likeness (QED) is 0.207. The molecule has 1 nitrogen and oxygen atoms in total. The SMILES string of the molecule is [2H]c1c([2H])c([2H])c(-c2c3c([2H])c([2H])c([2H])c([2H])c3c(-c3ccc4c(c3)c3ccccc3n4-c3c([2H])c([2H])c([2H])c([2H])c3[2H])c3c([2H])c([2H])c([2H])c([2H])c23)c([2H])c1[2H]. The number of aromatic nitrogens is 1. The molecule has 0 aliphatic rings. The summed E-state index contributed by atoms with van der Waals surface area (Å²) in [5.41, 5.74) is -0.0545. The van der Waals surface area contributed by atoms with E-state index >= 15 is 0 Å². The summed E-state index contributed by atoms with van der Waals surface area (Å²) in [6, 6.07) is -0.220. The fourth-order valence-corrected chi connectivity index (χ4v) is 5.26. The maximum atomic E-state index is 9.23. The van der Waals surface area contributed by atoms with Gasteiger partial charge in [-0.2, -0.15) is 0 Å². The van der Waals surface area contributed by atoms with Crippen LogP contribution in [0.4, 0.5) is 0 Å². The molecule has 1 heterocycles. The molecule has 0 bridgehead atoms. The Labute approximate surface area is 252 Å². The molecular formula is C38H25N. The zero-order chi connectivity index (χ0) is 41.4. The normalized spacial score (nSPS) is 18.1. The van der Waals surface area contributed by atoms with Gasteiger partial charge in [0.05, 0.1) is 35.7 Å². The highest BCUT2D eigenvalue weighted by molar-refractivity contribution is 6.22. The van der Waals surface area contributed by atoms with Gasteiger partial charge < -0.3 is 4.57 Å². The predicted molar refractivity (Wildman–Crippen MR) is 167 cm³/mol. The van der Waals surface area contributed by atoms with E-state index in [2.05, 4.69) is 0 Å². The van der Waals surface area contributed by atoms with E-state index in [1.165, 1.54) is 10.6 Å². The fraction of sp³-hybridized carbons (Fsp3) is 0. The first kappa shape index (κ1) is 10.6. The third-order valence-corrected chi connectivity index (χ3v) is 6.80. The van der Waals surface area contributed by atoms with Crippen LogP contribution >= 0.6 is 0 Å². The van der Waals surface area contributed by atoms with Crippen molar-refractivity contribution in [1.82, 2.24) is 4.57 Å². The third kappa shape index (κ3) is 3.34. The van der Waals surface area contributed by atoms with Crippen LogP contribution in [-0.4, -0.2) is 4.57 Å². The van der Waals surface area contributed by atoms with E-state index in [0.717, 1.165) is 0 Å². The van der Waals surface area contributed by atoms with E-state index in [9.17, 15) is 2.74 Å². The first-order valence-corrected chi connectivity index (χ1v) is 12.0. The second kappa shape index (κ2) is 8.72. The van der Waals surface area contributed by atoms with E-state index < -0.39 is 120 Å². The average Bonchev–Trinajstić information content (AvgIpc) is 3.53. The van der Waals surface area contributed by atoms with Crippen molar-refractivity contribution in [1.29, 1.82) is 0 Å². The molecule has 0 unspecified atom stereocenters. The summed E-state index contributed by atoms with van der Waals surface area (Å²) in [5, 5.41) is -0.160. The highest BCUT2D eigenvalue weighted by Crippen LogP contribution is 2.44. The van der Waals surface area contributed by atoms with E-state index in [0.29, 0.717) is 21.8 Å². The molecule has 0 spiro atoms. The molecule has 0 amide bonds.